The molecule has 1 aromatic heterocycles. The maximum atomic E-state index is 12.7. The summed E-state index contributed by atoms with van der Waals surface area (Å²) in [5.74, 6) is 0.816. The summed E-state index contributed by atoms with van der Waals surface area (Å²) in [6, 6.07) is 6.38. The first-order valence-electron chi connectivity index (χ1n) is 7.28. The van der Waals surface area contributed by atoms with Gasteiger partial charge >= 0.3 is 7.60 Å². The van der Waals surface area contributed by atoms with E-state index in [0.717, 1.165) is 5.69 Å². The van der Waals surface area contributed by atoms with Crippen LogP contribution in [0.2, 0.25) is 0 Å². The zero-order valence-electron chi connectivity index (χ0n) is 13.9. The summed E-state index contributed by atoms with van der Waals surface area (Å²) in [6.07, 6.45) is 0.127. The Labute approximate surface area is 140 Å². The van der Waals surface area contributed by atoms with Crippen LogP contribution in [0.3, 0.4) is 0 Å². The minimum atomic E-state index is -3.48. The van der Waals surface area contributed by atoms with Crippen LogP contribution in [0.5, 0.6) is 17.2 Å². The normalized spacial score (nSPS) is 13.2. The summed E-state index contributed by atoms with van der Waals surface area (Å²) in [6.45, 7) is 5.16. The van der Waals surface area contributed by atoms with Crippen molar-refractivity contribution in [2.45, 2.75) is 20.8 Å². The van der Waals surface area contributed by atoms with Gasteiger partial charge in [-0.05, 0) is 37.6 Å². The van der Waals surface area contributed by atoms with Crippen LogP contribution in [0.4, 0.5) is 5.82 Å². The van der Waals surface area contributed by atoms with Crippen molar-refractivity contribution in [3.63, 3.8) is 0 Å². The van der Waals surface area contributed by atoms with Crippen molar-refractivity contribution in [3.05, 3.63) is 35.5 Å². The van der Waals surface area contributed by atoms with Gasteiger partial charge < -0.3 is 14.4 Å². The molecule has 1 unspecified atom stereocenters. The molecule has 2 aromatic rings. The number of aromatic nitrogens is 2. The smallest absolute Gasteiger partial charge is 0.400 e. The molecule has 0 saturated carbocycles. The molecular weight excluding hydrogens is 333 g/mol. The van der Waals surface area contributed by atoms with Crippen molar-refractivity contribution in [3.8, 4) is 17.2 Å². The first kappa shape index (κ1) is 18.0. The van der Waals surface area contributed by atoms with E-state index >= 15 is 0 Å². The molecule has 0 fully saturated rings. The van der Waals surface area contributed by atoms with E-state index in [-0.39, 0.29) is 23.4 Å². The van der Waals surface area contributed by atoms with Crippen LogP contribution in [0, 0.1) is 13.8 Å². The lowest BCUT2D eigenvalue weighted by atomic mass is 10.2. The quantitative estimate of drug-likeness (QED) is 0.576. The Morgan fingerprint density at radius 3 is 2.58 bits per heavy atom. The fourth-order valence-electron chi connectivity index (χ4n) is 1.80. The monoisotopic (exact) mass is 353 g/mol. The number of rotatable bonds is 7. The highest BCUT2D eigenvalue weighted by Gasteiger charge is 2.26. The number of nitrogens with zero attached hydrogens (tertiary/aromatic N) is 2. The molecule has 0 saturated heterocycles. The van der Waals surface area contributed by atoms with Crippen LogP contribution < -0.4 is 14.7 Å². The Bertz CT molecular complexity index is 752. The van der Waals surface area contributed by atoms with Crippen LogP contribution in [-0.4, -0.2) is 28.6 Å². The number of hydrogen-bond donors (Lipinski definition) is 2. The number of nitrogens with one attached hydrogen (secondary N) is 1. The molecule has 1 atom stereocenters. The van der Waals surface area contributed by atoms with E-state index in [1.165, 1.54) is 13.2 Å². The van der Waals surface area contributed by atoms with E-state index in [1.54, 1.807) is 39.0 Å². The zero-order valence-corrected chi connectivity index (χ0v) is 14.8. The molecule has 2 N–H and O–H groups in total. The Kier molecular flexibility index (Phi) is 5.64. The number of benzene rings is 1. The molecule has 0 aliphatic heterocycles. The van der Waals surface area contributed by atoms with Crippen molar-refractivity contribution in [2.24, 2.45) is 0 Å². The molecular formula is C15H20N3O5P. The molecule has 24 heavy (non-hydrogen) atoms. The van der Waals surface area contributed by atoms with Crippen molar-refractivity contribution in [1.29, 1.82) is 0 Å². The molecule has 0 spiro atoms. The summed E-state index contributed by atoms with van der Waals surface area (Å²) in [4.78, 5) is 0. The van der Waals surface area contributed by atoms with Crippen LogP contribution >= 0.6 is 7.60 Å². The molecule has 1 aromatic carbocycles. The fraction of sp³-hybridized carbons (Fsp3) is 0.333. The number of hydrogen-bond acceptors (Lipinski definition) is 8. The topological polar surface area (TPSA) is 103 Å². The molecule has 2 rings (SSSR count). The molecule has 0 amide bonds. The first-order valence-corrected chi connectivity index (χ1v) is 9.01. The van der Waals surface area contributed by atoms with Gasteiger partial charge in [-0.2, -0.15) is 9.72 Å². The van der Waals surface area contributed by atoms with Crippen molar-refractivity contribution in [2.75, 3.05) is 18.8 Å². The number of methoxy groups -OCH3 is 1. The Morgan fingerprint density at radius 2 is 2.00 bits per heavy atom. The van der Waals surface area contributed by atoms with Crippen LogP contribution in [0.1, 0.15) is 18.2 Å². The highest BCUT2D eigenvalue weighted by atomic mass is 31.2. The summed E-state index contributed by atoms with van der Waals surface area (Å²) in [5.41, 5.74) is 3.78. The van der Waals surface area contributed by atoms with Gasteiger partial charge in [0, 0.05) is 6.07 Å². The minimum Gasteiger partial charge on any atom is -0.504 e. The van der Waals surface area contributed by atoms with Gasteiger partial charge in [0.05, 0.1) is 19.0 Å². The Balaban J connectivity index is 2.13. The van der Waals surface area contributed by atoms with Gasteiger partial charge in [-0.15, -0.1) is 5.10 Å². The Hall–Kier alpha value is -2.31. The fourth-order valence-corrected chi connectivity index (χ4v) is 2.76. The largest absolute Gasteiger partial charge is 0.504 e. The van der Waals surface area contributed by atoms with Gasteiger partial charge in [0.15, 0.2) is 17.3 Å². The summed E-state index contributed by atoms with van der Waals surface area (Å²) in [7, 11) is -2.06. The number of aryl methyl sites for hydroxylation is 2. The second kappa shape index (κ2) is 7.51. The number of aromatic hydroxyl groups is 1. The van der Waals surface area contributed by atoms with Gasteiger partial charge in [0.2, 0.25) is 0 Å². The van der Waals surface area contributed by atoms with E-state index in [9.17, 15) is 9.67 Å². The predicted octanol–water partition coefficient (Wildman–Crippen LogP) is 3.44. The number of ether oxygens (including phenoxy) is 1. The van der Waals surface area contributed by atoms with Gasteiger partial charge in [0.25, 0.3) is 0 Å². The third kappa shape index (κ3) is 4.37. The molecule has 8 nitrogen and oxygen atoms in total. The van der Waals surface area contributed by atoms with Crippen LogP contribution in [0.15, 0.2) is 24.3 Å². The molecule has 0 aliphatic rings. The van der Waals surface area contributed by atoms with Gasteiger partial charge in [0.1, 0.15) is 5.75 Å². The third-order valence-corrected chi connectivity index (χ3v) is 4.81. The van der Waals surface area contributed by atoms with Crippen LogP contribution in [0.25, 0.3) is 0 Å². The van der Waals surface area contributed by atoms with Crippen molar-refractivity contribution in [1.82, 2.24) is 10.2 Å². The molecule has 0 aliphatic carbocycles. The first-order chi connectivity index (χ1) is 11.4. The lowest BCUT2D eigenvalue weighted by Gasteiger charge is -2.19. The van der Waals surface area contributed by atoms with E-state index in [4.69, 9.17) is 13.9 Å². The molecule has 9 heteroatoms. The van der Waals surface area contributed by atoms with Gasteiger partial charge in [-0.3, -0.25) is 0 Å². The van der Waals surface area contributed by atoms with Crippen molar-refractivity contribution >= 4 is 13.4 Å². The molecule has 1 heterocycles. The van der Waals surface area contributed by atoms with Gasteiger partial charge in [-0.25, -0.2) is 10.0 Å². The van der Waals surface area contributed by atoms with Crippen LogP contribution in [-0.2, 0) is 9.19 Å². The standard InChI is InChI=1S/C15H20N3O5P/c1-5-24(20,23-18-14-7-6-11(3)16-17-14)22-12-8-10(2)15(19)13(9-12)21-4/h6-9,19H,5H2,1-4H3,(H,17,18). The number of phenolic OH excluding ortho intramolecular Hbond substituents is 1. The number of anilines is 1. The molecule has 0 bridgehead atoms. The Morgan fingerprint density at radius 1 is 1.25 bits per heavy atom. The average molecular weight is 353 g/mol. The van der Waals surface area contributed by atoms with E-state index in [0.29, 0.717) is 11.4 Å². The maximum absolute atomic E-state index is 12.7. The summed E-state index contributed by atoms with van der Waals surface area (Å²) < 4.78 is 28.5. The van der Waals surface area contributed by atoms with E-state index in [1.807, 2.05) is 0 Å². The van der Waals surface area contributed by atoms with E-state index in [2.05, 4.69) is 15.7 Å². The SMILES string of the molecule is CCP(=O)(ONc1ccc(C)nn1)Oc1cc(C)c(O)c(OC)c1. The lowest BCUT2D eigenvalue weighted by molar-refractivity contribution is 0.315. The molecule has 130 valence electrons. The summed E-state index contributed by atoms with van der Waals surface area (Å²) >= 11 is 0. The predicted molar refractivity (Wildman–Crippen MR) is 89.6 cm³/mol. The van der Waals surface area contributed by atoms with Gasteiger partial charge in [-0.1, -0.05) is 6.92 Å². The minimum absolute atomic E-state index is 0.00477. The molecule has 0 radical (unpaired) electrons. The third-order valence-electron chi connectivity index (χ3n) is 3.18. The second-order valence-corrected chi connectivity index (χ2v) is 7.28. The van der Waals surface area contributed by atoms with E-state index < -0.39 is 7.60 Å². The highest BCUT2D eigenvalue weighted by molar-refractivity contribution is 7.54. The maximum Gasteiger partial charge on any atom is 0.400 e. The summed E-state index contributed by atoms with van der Waals surface area (Å²) in [5, 5.41) is 17.6. The number of phenols is 1. The lowest BCUT2D eigenvalue weighted by Crippen LogP contribution is -2.08. The van der Waals surface area contributed by atoms with Crippen molar-refractivity contribution < 1.29 is 23.6 Å². The zero-order chi connectivity index (χ0) is 17.7. The highest BCUT2D eigenvalue weighted by Crippen LogP contribution is 2.49. The second-order valence-electron chi connectivity index (χ2n) is 5.06. The average Bonchev–Trinajstić information content (AvgIpc) is 2.57.